The lowest BCUT2D eigenvalue weighted by Crippen LogP contribution is -2.37. The van der Waals surface area contributed by atoms with Crippen LogP contribution in [-0.2, 0) is 13.2 Å². The van der Waals surface area contributed by atoms with Gasteiger partial charge >= 0.3 is 12.2 Å². The van der Waals surface area contributed by atoms with Crippen LogP contribution < -0.4 is 10.6 Å². The number of thioether (sulfide) groups is 1. The van der Waals surface area contributed by atoms with E-state index < -0.39 is 11.9 Å². The van der Waals surface area contributed by atoms with E-state index in [1.165, 1.54) is 11.7 Å². The highest BCUT2D eigenvalue weighted by molar-refractivity contribution is 7.99. The summed E-state index contributed by atoms with van der Waals surface area (Å²) in [4.78, 5) is 11.9. The van der Waals surface area contributed by atoms with E-state index in [0.717, 1.165) is 24.0 Å². The van der Waals surface area contributed by atoms with E-state index in [9.17, 15) is 18.0 Å². The predicted octanol–water partition coefficient (Wildman–Crippen LogP) is 3.73. The van der Waals surface area contributed by atoms with E-state index in [4.69, 9.17) is 0 Å². The molecule has 5 nitrogen and oxygen atoms in total. The molecule has 1 aliphatic heterocycles. The Labute approximate surface area is 147 Å². The van der Waals surface area contributed by atoms with E-state index >= 15 is 0 Å². The highest BCUT2D eigenvalue weighted by Gasteiger charge is 2.34. The van der Waals surface area contributed by atoms with Crippen LogP contribution in [0.2, 0.25) is 0 Å². The van der Waals surface area contributed by atoms with Gasteiger partial charge in [0.05, 0.1) is 5.69 Å². The standard InChI is InChI=1S/C16H17F3N4OS/c1-23-13(8-14(22-23)16(17,18)19)10-2-4-11(5-3-10)20-15(24)21-12-6-7-25-9-12/h2-5,8,12H,6-7,9H2,1H3,(H2,20,21,24). The first-order valence-electron chi connectivity index (χ1n) is 7.70. The number of anilines is 1. The summed E-state index contributed by atoms with van der Waals surface area (Å²) in [5.41, 5.74) is 0.584. The predicted molar refractivity (Wildman–Crippen MR) is 91.5 cm³/mol. The van der Waals surface area contributed by atoms with Crippen molar-refractivity contribution in [3.05, 3.63) is 36.0 Å². The molecule has 0 radical (unpaired) electrons. The Morgan fingerprint density at radius 3 is 2.60 bits per heavy atom. The number of carbonyl (C=O) groups excluding carboxylic acids is 1. The molecule has 134 valence electrons. The number of nitrogens with one attached hydrogen (secondary N) is 2. The number of alkyl halides is 3. The Hall–Kier alpha value is -2.16. The second kappa shape index (κ2) is 6.99. The molecule has 0 saturated carbocycles. The molecule has 2 heterocycles. The highest BCUT2D eigenvalue weighted by atomic mass is 32.2. The second-order valence-corrected chi connectivity index (χ2v) is 6.92. The third-order valence-electron chi connectivity index (χ3n) is 3.87. The number of carbonyl (C=O) groups is 1. The zero-order chi connectivity index (χ0) is 18.0. The Bertz CT molecular complexity index is 752. The maximum atomic E-state index is 12.7. The van der Waals surface area contributed by atoms with Crippen molar-refractivity contribution in [2.24, 2.45) is 7.05 Å². The van der Waals surface area contributed by atoms with Crippen molar-refractivity contribution >= 4 is 23.5 Å². The first-order chi connectivity index (χ1) is 11.8. The lowest BCUT2D eigenvalue weighted by Gasteiger charge is -2.12. The second-order valence-electron chi connectivity index (χ2n) is 5.77. The molecule has 1 unspecified atom stereocenters. The quantitative estimate of drug-likeness (QED) is 0.866. The minimum atomic E-state index is -4.48. The number of halogens is 3. The van der Waals surface area contributed by atoms with Crippen LogP contribution in [0.5, 0.6) is 0 Å². The van der Waals surface area contributed by atoms with Gasteiger partial charge in [-0.05, 0) is 35.9 Å². The van der Waals surface area contributed by atoms with Crippen molar-refractivity contribution in [2.45, 2.75) is 18.6 Å². The minimum Gasteiger partial charge on any atom is -0.334 e. The molecule has 1 aliphatic rings. The summed E-state index contributed by atoms with van der Waals surface area (Å²) in [5.74, 6) is 1.96. The summed E-state index contributed by atoms with van der Waals surface area (Å²) in [5, 5.41) is 9.12. The first kappa shape index (κ1) is 17.7. The van der Waals surface area contributed by atoms with Gasteiger partial charge in [0, 0.05) is 24.5 Å². The Balaban J connectivity index is 1.68. The van der Waals surface area contributed by atoms with Gasteiger partial charge in [-0.25, -0.2) is 4.79 Å². The number of urea groups is 1. The summed E-state index contributed by atoms with van der Waals surface area (Å²) in [6.45, 7) is 0. The smallest absolute Gasteiger partial charge is 0.334 e. The third kappa shape index (κ3) is 4.28. The maximum absolute atomic E-state index is 12.7. The SMILES string of the molecule is Cn1nc(C(F)(F)F)cc1-c1ccc(NC(=O)NC2CCSC2)cc1. The zero-order valence-electron chi connectivity index (χ0n) is 13.4. The molecule has 1 atom stereocenters. The Kier molecular flexibility index (Phi) is 4.94. The summed E-state index contributed by atoms with van der Waals surface area (Å²) in [6.07, 6.45) is -3.52. The van der Waals surface area contributed by atoms with Crippen LogP contribution in [0.15, 0.2) is 30.3 Å². The van der Waals surface area contributed by atoms with E-state index in [1.807, 2.05) is 0 Å². The topological polar surface area (TPSA) is 59.0 Å². The first-order valence-corrected chi connectivity index (χ1v) is 8.85. The van der Waals surface area contributed by atoms with Gasteiger partial charge in [0.25, 0.3) is 0 Å². The van der Waals surface area contributed by atoms with Crippen molar-refractivity contribution in [1.82, 2.24) is 15.1 Å². The molecule has 3 rings (SSSR count). The molecule has 0 aliphatic carbocycles. The summed E-state index contributed by atoms with van der Waals surface area (Å²) >= 11 is 1.80. The highest BCUT2D eigenvalue weighted by Crippen LogP contribution is 2.31. The fraction of sp³-hybridized carbons (Fsp3) is 0.375. The minimum absolute atomic E-state index is 0.180. The Morgan fingerprint density at radius 2 is 2.04 bits per heavy atom. The number of hydrogen-bond donors (Lipinski definition) is 2. The summed E-state index contributed by atoms with van der Waals surface area (Å²) in [6, 6.07) is 7.51. The number of nitrogens with zero attached hydrogens (tertiary/aromatic N) is 2. The van der Waals surface area contributed by atoms with E-state index in [2.05, 4.69) is 15.7 Å². The van der Waals surface area contributed by atoms with Crippen LogP contribution in [0.25, 0.3) is 11.3 Å². The van der Waals surface area contributed by atoms with Crippen molar-refractivity contribution in [1.29, 1.82) is 0 Å². The summed E-state index contributed by atoms with van der Waals surface area (Å²) < 4.78 is 39.4. The lowest BCUT2D eigenvalue weighted by atomic mass is 10.1. The molecule has 1 fully saturated rings. The van der Waals surface area contributed by atoms with E-state index in [0.29, 0.717) is 16.9 Å². The van der Waals surface area contributed by atoms with Crippen LogP contribution in [0.4, 0.5) is 23.7 Å². The molecule has 2 aromatic rings. The molecular formula is C16H17F3N4OS. The van der Waals surface area contributed by atoms with Crippen molar-refractivity contribution in [2.75, 3.05) is 16.8 Å². The van der Waals surface area contributed by atoms with Crippen molar-refractivity contribution in [3.8, 4) is 11.3 Å². The van der Waals surface area contributed by atoms with Gasteiger partial charge < -0.3 is 10.6 Å². The van der Waals surface area contributed by atoms with Crippen molar-refractivity contribution in [3.63, 3.8) is 0 Å². The van der Waals surface area contributed by atoms with Crippen LogP contribution in [-0.4, -0.2) is 33.4 Å². The molecular weight excluding hydrogens is 353 g/mol. The molecule has 1 saturated heterocycles. The molecule has 0 spiro atoms. The molecule has 25 heavy (non-hydrogen) atoms. The molecule has 1 aromatic carbocycles. The van der Waals surface area contributed by atoms with Gasteiger partial charge in [0.1, 0.15) is 0 Å². The third-order valence-corrected chi connectivity index (χ3v) is 5.04. The number of hydrogen-bond acceptors (Lipinski definition) is 3. The zero-order valence-corrected chi connectivity index (χ0v) is 14.2. The van der Waals surface area contributed by atoms with Crippen molar-refractivity contribution < 1.29 is 18.0 Å². The van der Waals surface area contributed by atoms with E-state index in [1.54, 1.807) is 36.0 Å². The number of amides is 2. The van der Waals surface area contributed by atoms with Gasteiger partial charge in [0.15, 0.2) is 5.69 Å². The van der Waals surface area contributed by atoms with Crippen LogP contribution in [0.3, 0.4) is 0 Å². The Morgan fingerprint density at radius 1 is 1.32 bits per heavy atom. The average Bonchev–Trinajstić information content (AvgIpc) is 3.17. The summed E-state index contributed by atoms with van der Waals surface area (Å²) in [7, 11) is 1.46. The lowest BCUT2D eigenvalue weighted by molar-refractivity contribution is -0.141. The average molecular weight is 370 g/mol. The number of aromatic nitrogens is 2. The molecule has 1 aromatic heterocycles. The number of aryl methyl sites for hydroxylation is 1. The molecule has 2 amide bonds. The monoisotopic (exact) mass is 370 g/mol. The van der Waals surface area contributed by atoms with Gasteiger partial charge in [0.2, 0.25) is 0 Å². The van der Waals surface area contributed by atoms with Crippen LogP contribution >= 0.6 is 11.8 Å². The molecule has 0 bridgehead atoms. The van der Waals surface area contributed by atoms with Gasteiger partial charge in [-0.15, -0.1) is 0 Å². The van der Waals surface area contributed by atoms with Crippen LogP contribution in [0, 0.1) is 0 Å². The normalized spacial score (nSPS) is 17.5. The van der Waals surface area contributed by atoms with E-state index in [-0.39, 0.29) is 12.1 Å². The molecule has 9 heteroatoms. The van der Waals surface area contributed by atoms with Crippen LogP contribution in [0.1, 0.15) is 12.1 Å². The number of rotatable bonds is 3. The largest absolute Gasteiger partial charge is 0.435 e. The van der Waals surface area contributed by atoms with Gasteiger partial charge in [-0.1, -0.05) is 12.1 Å². The molecule has 2 N–H and O–H groups in total. The van der Waals surface area contributed by atoms with Gasteiger partial charge in [-0.3, -0.25) is 4.68 Å². The fourth-order valence-corrected chi connectivity index (χ4v) is 3.75. The van der Waals surface area contributed by atoms with Gasteiger partial charge in [-0.2, -0.15) is 30.0 Å². The number of benzene rings is 1. The fourth-order valence-electron chi connectivity index (χ4n) is 2.60. The maximum Gasteiger partial charge on any atom is 0.435 e.